The van der Waals surface area contributed by atoms with Crippen molar-refractivity contribution in [1.29, 1.82) is 0 Å². The number of hydrogen-bond donors (Lipinski definition) is 1. The lowest BCUT2D eigenvalue weighted by Crippen LogP contribution is -2.35. The minimum absolute atomic E-state index is 0.0481. The van der Waals surface area contributed by atoms with Gasteiger partial charge in [0.2, 0.25) is 0 Å². The highest BCUT2D eigenvalue weighted by Crippen LogP contribution is 2.62. The lowest BCUT2D eigenvalue weighted by atomic mass is 9.67. The number of thioether (sulfide) groups is 1. The SMILES string of the molecule is COc1ccc(C2(c3ccc(OC)cc3)C=Cc3c4c(c5cc(S)c(SC)cc5c3O2)-c2ccccc2C42CCCCCCC2)cc1. The summed E-state index contributed by atoms with van der Waals surface area (Å²) in [5.74, 6) is 2.58. The molecular formula is C42H40O3S2. The number of benzene rings is 5. The van der Waals surface area contributed by atoms with Crippen molar-refractivity contribution in [2.45, 2.75) is 65.8 Å². The predicted molar refractivity (Wildman–Crippen MR) is 198 cm³/mol. The van der Waals surface area contributed by atoms with E-state index in [4.69, 9.17) is 26.8 Å². The summed E-state index contributed by atoms with van der Waals surface area (Å²) in [5, 5.41) is 2.36. The summed E-state index contributed by atoms with van der Waals surface area (Å²) in [6.45, 7) is 0. The molecule has 0 amide bonds. The standard InChI is InChI=1S/C42H40O3S2/c1-43-29-17-13-27(14-18-29)42(28-15-19-30(44-2)20-16-28)24-21-32-39-38(33-25-36(46)37(47-3)26-34(33)40(32)45-42)31-11-7-8-12-35(31)41(39)22-9-5-4-6-10-23-41/h7-8,11-21,24-26,46H,4-6,9-10,22-23H2,1-3H3. The van der Waals surface area contributed by atoms with Gasteiger partial charge in [0.25, 0.3) is 0 Å². The smallest absolute Gasteiger partial charge is 0.178 e. The van der Waals surface area contributed by atoms with Crippen molar-refractivity contribution in [1.82, 2.24) is 0 Å². The predicted octanol–water partition coefficient (Wildman–Crippen LogP) is 11.2. The molecule has 0 radical (unpaired) electrons. The van der Waals surface area contributed by atoms with E-state index < -0.39 is 5.60 Å². The molecule has 0 aromatic heterocycles. The fourth-order valence-corrected chi connectivity index (χ4v) is 9.50. The topological polar surface area (TPSA) is 27.7 Å². The molecule has 0 N–H and O–H groups in total. The van der Waals surface area contributed by atoms with Gasteiger partial charge in [-0.1, -0.05) is 86.7 Å². The molecule has 5 aromatic carbocycles. The zero-order valence-corrected chi connectivity index (χ0v) is 29.0. The maximum Gasteiger partial charge on any atom is 0.178 e. The molecular weight excluding hydrogens is 617 g/mol. The van der Waals surface area contributed by atoms with E-state index in [1.807, 2.05) is 24.3 Å². The van der Waals surface area contributed by atoms with Crippen LogP contribution in [0.4, 0.5) is 0 Å². The summed E-state index contributed by atoms with van der Waals surface area (Å²) < 4.78 is 18.7. The molecule has 5 heteroatoms. The quantitative estimate of drug-likeness (QED) is 0.150. The number of fused-ring (bicyclic) bond motifs is 10. The maximum atomic E-state index is 7.60. The molecule has 1 aliphatic heterocycles. The molecule has 2 aliphatic carbocycles. The van der Waals surface area contributed by atoms with E-state index in [9.17, 15) is 0 Å². The van der Waals surface area contributed by atoms with Crippen LogP contribution in [0.1, 0.15) is 72.8 Å². The zero-order chi connectivity index (χ0) is 32.2. The Kier molecular flexibility index (Phi) is 7.81. The van der Waals surface area contributed by atoms with Crippen LogP contribution in [0.3, 0.4) is 0 Å². The first-order chi connectivity index (χ1) is 23.0. The van der Waals surface area contributed by atoms with Crippen LogP contribution in [0, 0.1) is 0 Å². The van der Waals surface area contributed by atoms with Crippen LogP contribution in [0.25, 0.3) is 28.0 Å². The number of thiol groups is 1. The fraction of sp³-hybridized carbons (Fsp3) is 0.286. The second kappa shape index (κ2) is 12.0. The van der Waals surface area contributed by atoms with E-state index in [-0.39, 0.29) is 5.41 Å². The first kappa shape index (κ1) is 30.5. The Balaban J connectivity index is 1.45. The average molecular weight is 657 g/mol. The number of ether oxygens (including phenoxy) is 3. The summed E-state index contributed by atoms with van der Waals surface area (Å²) >= 11 is 6.76. The van der Waals surface area contributed by atoms with Crippen molar-refractivity contribution in [3.63, 3.8) is 0 Å². The van der Waals surface area contributed by atoms with Gasteiger partial charge in [-0.3, -0.25) is 0 Å². The number of rotatable bonds is 5. The monoisotopic (exact) mass is 656 g/mol. The molecule has 5 aromatic rings. The van der Waals surface area contributed by atoms with E-state index in [0.29, 0.717) is 0 Å². The average Bonchev–Trinajstić information content (AvgIpc) is 3.40. The molecule has 1 fully saturated rings. The van der Waals surface area contributed by atoms with Crippen molar-refractivity contribution in [2.75, 3.05) is 20.5 Å². The van der Waals surface area contributed by atoms with E-state index >= 15 is 0 Å². The summed E-state index contributed by atoms with van der Waals surface area (Å²) in [7, 11) is 3.41. The van der Waals surface area contributed by atoms with Crippen molar-refractivity contribution in [3.05, 3.63) is 119 Å². The van der Waals surface area contributed by atoms with Crippen molar-refractivity contribution < 1.29 is 14.2 Å². The number of hydrogen-bond acceptors (Lipinski definition) is 5. The summed E-state index contributed by atoms with van der Waals surface area (Å²) in [4.78, 5) is 2.15. The Morgan fingerprint density at radius 2 is 1.36 bits per heavy atom. The van der Waals surface area contributed by atoms with Gasteiger partial charge in [0.05, 0.1) is 14.2 Å². The van der Waals surface area contributed by atoms with Gasteiger partial charge in [0.15, 0.2) is 5.60 Å². The van der Waals surface area contributed by atoms with Crippen molar-refractivity contribution in [3.8, 4) is 28.4 Å². The first-order valence-electron chi connectivity index (χ1n) is 16.7. The normalized spacial score (nSPS) is 17.3. The van der Waals surface area contributed by atoms with E-state index in [2.05, 4.69) is 79.1 Å². The minimum atomic E-state index is -0.856. The van der Waals surface area contributed by atoms with Crippen molar-refractivity contribution in [2.24, 2.45) is 0 Å². The highest BCUT2D eigenvalue weighted by molar-refractivity contribution is 7.99. The second-order valence-corrected chi connectivity index (χ2v) is 14.4. The molecule has 0 bridgehead atoms. The van der Waals surface area contributed by atoms with Gasteiger partial charge < -0.3 is 14.2 Å². The third-order valence-electron chi connectivity index (χ3n) is 10.8. The Bertz CT molecular complexity index is 1950. The van der Waals surface area contributed by atoms with Crippen LogP contribution in [0.5, 0.6) is 17.2 Å². The lowest BCUT2D eigenvalue weighted by molar-refractivity contribution is 0.163. The Morgan fingerprint density at radius 3 is 1.98 bits per heavy atom. The molecule has 47 heavy (non-hydrogen) atoms. The molecule has 1 heterocycles. The van der Waals surface area contributed by atoms with Crippen LogP contribution < -0.4 is 14.2 Å². The molecule has 3 nitrogen and oxygen atoms in total. The summed E-state index contributed by atoms with van der Waals surface area (Å²) in [6, 6.07) is 30.4. The minimum Gasteiger partial charge on any atom is -0.497 e. The Hall–Kier alpha value is -3.80. The van der Waals surface area contributed by atoms with Gasteiger partial charge in [-0.25, -0.2) is 0 Å². The molecule has 1 saturated carbocycles. The third kappa shape index (κ3) is 4.72. The van der Waals surface area contributed by atoms with Crippen LogP contribution >= 0.6 is 24.4 Å². The van der Waals surface area contributed by atoms with E-state index in [0.717, 1.165) is 56.4 Å². The van der Waals surface area contributed by atoms with Gasteiger partial charge in [-0.2, -0.15) is 0 Å². The van der Waals surface area contributed by atoms with Crippen LogP contribution in [0.2, 0.25) is 0 Å². The summed E-state index contributed by atoms with van der Waals surface area (Å²) in [6.07, 6.45) is 15.5. The highest BCUT2D eigenvalue weighted by Gasteiger charge is 2.48. The maximum absolute atomic E-state index is 7.60. The van der Waals surface area contributed by atoms with Gasteiger partial charge >= 0.3 is 0 Å². The summed E-state index contributed by atoms with van der Waals surface area (Å²) in [5.41, 5.74) is 8.07. The van der Waals surface area contributed by atoms with E-state index in [1.165, 1.54) is 65.3 Å². The van der Waals surface area contributed by atoms with E-state index in [1.54, 1.807) is 26.0 Å². The molecule has 8 rings (SSSR count). The van der Waals surface area contributed by atoms with Gasteiger partial charge in [-0.15, -0.1) is 24.4 Å². The number of methoxy groups -OCH3 is 2. The van der Waals surface area contributed by atoms with Crippen molar-refractivity contribution >= 4 is 41.2 Å². The third-order valence-corrected chi connectivity index (χ3v) is 12.1. The van der Waals surface area contributed by atoms with Crippen LogP contribution in [-0.4, -0.2) is 20.5 Å². The molecule has 0 unspecified atom stereocenters. The molecule has 0 saturated heterocycles. The first-order valence-corrected chi connectivity index (χ1v) is 18.4. The zero-order valence-electron chi connectivity index (χ0n) is 27.3. The van der Waals surface area contributed by atoms with Gasteiger partial charge in [-0.05, 0) is 89.2 Å². The second-order valence-electron chi connectivity index (χ2n) is 13.1. The highest BCUT2D eigenvalue weighted by atomic mass is 32.2. The molecule has 0 atom stereocenters. The Labute approximate surface area is 287 Å². The molecule has 238 valence electrons. The largest absolute Gasteiger partial charge is 0.497 e. The molecule has 3 aliphatic rings. The van der Waals surface area contributed by atoms with Gasteiger partial charge in [0.1, 0.15) is 17.2 Å². The van der Waals surface area contributed by atoms with Gasteiger partial charge in [0, 0.05) is 37.3 Å². The van der Waals surface area contributed by atoms with Crippen LogP contribution in [-0.2, 0) is 11.0 Å². The fourth-order valence-electron chi connectivity index (χ4n) is 8.53. The molecule has 1 spiro atoms. The Morgan fingerprint density at radius 1 is 0.745 bits per heavy atom. The lowest BCUT2D eigenvalue weighted by Gasteiger charge is -2.40. The van der Waals surface area contributed by atoms with Crippen LogP contribution in [0.15, 0.2) is 101 Å².